The quantitative estimate of drug-likeness (QED) is 0.523. The van der Waals surface area contributed by atoms with Crippen LogP contribution in [0.5, 0.6) is 0 Å². The van der Waals surface area contributed by atoms with Gasteiger partial charge in [-0.15, -0.1) is 0 Å². The van der Waals surface area contributed by atoms with Gasteiger partial charge in [0.1, 0.15) is 6.17 Å². The summed E-state index contributed by atoms with van der Waals surface area (Å²) in [5.41, 5.74) is -0.141. The van der Waals surface area contributed by atoms with Gasteiger partial charge in [-0.2, -0.15) is 0 Å². The number of hydrogen-bond acceptors (Lipinski definition) is 1. The third kappa shape index (κ3) is 1.42. The lowest BCUT2D eigenvalue weighted by atomic mass is 9.83. The lowest BCUT2D eigenvalue weighted by Gasteiger charge is -2.33. The first-order valence-electron chi connectivity index (χ1n) is 3.48. The van der Waals surface area contributed by atoms with Gasteiger partial charge in [0.15, 0.2) is 0 Å². The minimum absolute atomic E-state index is 0.141. The molecule has 1 aliphatic rings. The molecule has 1 nitrogen and oxygen atoms in total. The Bertz CT molecular complexity index is 101. The molecule has 1 heterocycles. The molecule has 0 spiro atoms. The number of rotatable bonds is 0. The highest BCUT2D eigenvalue weighted by molar-refractivity contribution is 4.84. The third-order valence-corrected chi connectivity index (χ3v) is 2.00. The fraction of sp³-hybridized carbons (Fsp3) is 1.00. The van der Waals surface area contributed by atoms with Gasteiger partial charge in [-0.05, 0) is 13.0 Å². The molecule has 2 heteroatoms. The van der Waals surface area contributed by atoms with Crippen molar-refractivity contribution in [3.05, 3.63) is 0 Å². The van der Waals surface area contributed by atoms with Crippen LogP contribution in [0, 0.1) is 5.41 Å². The summed E-state index contributed by atoms with van der Waals surface area (Å²) in [7, 11) is 0. The smallest absolute Gasteiger partial charge is 0.108 e. The van der Waals surface area contributed by atoms with E-state index in [1.165, 1.54) is 0 Å². The molecule has 1 atom stereocenters. The maximum atomic E-state index is 12.9. The number of piperidine rings is 1. The van der Waals surface area contributed by atoms with E-state index in [4.69, 9.17) is 0 Å². The Morgan fingerprint density at radius 3 is 2.56 bits per heavy atom. The average molecular weight is 131 g/mol. The largest absolute Gasteiger partial charge is 0.316 e. The lowest BCUT2D eigenvalue weighted by molar-refractivity contribution is 0.104. The Balaban J connectivity index is 2.49. The fourth-order valence-electron chi connectivity index (χ4n) is 1.14. The molecule has 1 saturated heterocycles. The molecule has 1 N–H and O–H groups in total. The van der Waals surface area contributed by atoms with Crippen molar-refractivity contribution in [1.29, 1.82) is 0 Å². The van der Waals surface area contributed by atoms with E-state index in [-0.39, 0.29) is 5.41 Å². The van der Waals surface area contributed by atoms with Crippen LogP contribution in [0.15, 0.2) is 0 Å². The monoisotopic (exact) mass is 131 g/mol. The number of halogens is 1. The van der Waals surface area contributed by atoms with Crippen LogP contribution in [-0.4, -0.2) is 19.3 Å². The Kier molecular flexibility index (Phi) is 1.75. The number of nitrogens with one attached hydrogen (secondary N) is 1. The SMILES string of the molecule is CC1(C)CNCC[C@@H]1F. The van der Waals surface area contributed by atoms with Gasteiger partial charge in [-0.25, -0.2) is 4.39 Å². The molecule has 0 radical (unpaired) electrons. The lowest BCUT2D eigenvalue weighted by Crippen LogP contribution is -2.43. The van der Waals surface area contributed by atoms with Gasteiger partial charge in [0.2, 0.25) is 0 Å². The van der Waals surface area contributed by atoms with Crippen molar-refractivity contribution >= 4 is 0 Å². The van der Waals surface area contributed by atoms with Crippen LogP contribution in [0.2, 0.25) is 0 Å². The summed E-state index contributed by atoms with van der Waals surface area (Å²) in [5.74, 6) is 0. The van der Waals surface area contributed by atoms with E-state index in [0.29, 0.717) is 6.42 Å². The number of hydrogen-bond donors (Lipinski definition) is 1. The molecular formula is C7H14FN. The molecule has 0 aromatic rings. The molecule has 0 aromatic heterocycles. The van der Waals surface area contributed by atoms with Gasteiger partial charge in [-0.1, -0.05) is 13.8 Å². The normalized spacial score (nSPS) is 34.3. The summed E-state index contributed by atoms with van der Waals surface area (Å²) >= 11 is 0. The van der Waals surface area contributed by atoms with E-state index in [9.17, 15) is 4.39 Å². The van der Waals surface area contributed by atoms with Crippen molar-refractivity contribution in [1.82, 2.24) is 5.32 Å². The summed E-state index contributed by atoms with van der Waals surface area (Å²) in [4.78, 5) is 0. The van der Waals surface area contributed by atoms with Crippen molar-refractivity contribution in [3.63, 3.8) is 0 Å². The molecule has 0 aliphatic carbocycles. The summed E-state index contributed by atoms with van der Waals surface area (Å²) < 4.78 is 12.9. The maximum Gasteiger partial charge on any atom is 0.108 e. The van der Waals surface area contributed by atoms with Crippen LogP contribution in [0.3, 0.4) is 0 Å². The highest BCUT2D eigenvalue weighted by Gasteiger charge is 2.31. The minimum atomic E-state index is -0.612. The van der Waals surface area contributed by atoms with E-state index in [0.717, 1.165) is 13.1 Å². The predicted molar refractivity (Wildman–Crippen MR) is 36.2 cm³/mol. The zero-order valence-corrected chi connectivity index (χ0v) is 6.08. The van der Waals surface area contributed by atoms with E-state index in [1.54, 1.807) is 0 Å². The van der Waals surface area contributed by atoms with Crippen molar-refractivity contribution in [3.8, 4) is 0 Å². The molecule has 54 valence electrons. The topological polar surface area (TPSA) is 12.0 Å². The van der Waals surface area contributed by atoms with Crippen molar-refractivity contribution < 1.29 is 4.39 Å². The molecule has 0 unspecified atom stereocenters. The van der Waals surface area contributed by atoms with Crippen LogP contribution in [0.1, 0.15) is 20.3 Å². The first kappa shape index (κ1) is 7.00. The van der Waals surface area contributed by atoms with Crippen LogP contribution >= 0.6 is 0 Å². The Labute approximate surface area is 55.6 Å². The molecule has 9 heavy (non-hydrogen) atoms. The molecule has 1 rings (SSSR count). The molecule has 0 saturated carbocycles. The molecule has 1 aliphatic heterocycles. The highest BCUT2D eigenvalue weighted by Crippen LogP contribution is 2.27. The van der Waals surface area contributed by atoms with Gasteiger partial charge >= 0.3 is 0 Å². The van der Waals surface area contributed by atoms with Gasteiger partial charge in [-0.3, -0.25) is 0 Å². The molecule has 0 amide bonds. The maximum absolute atomic E-state index is 12.9. The van der Waals surface area contributed by atoms with Crippen LogP contribution in [0.4, 0.5) is 4.39 Å². The van der Waals surface area contributed by atoms with Crippen LogP contribution < -0.4 is 5.32 Å². The summed E-state index contributed by atoms with van der Waals surface area (Å²) in [6.07, 6.45) is 0.0613. The molecular weight excluding hydrogens is 117 g/mol. The first-order chi connectivity index (χ1) is 4.13. The van der Waals surface area contributed by atoms with E-state index in [2.05, 4.69) is 5.32 Å². The van der Waals surface area contributed by atoms with E-state index >= 15 is 0 Å². The van der Waals surface area contributed by atoms with Gasteiger partial charge in [0, 0.05) is 12.0 Å². The van der Waals surface area contributed by atoms with E-state index < -0.39 is 6.17 Å². The first-order valence-corrected chi connectivity index (χ1v) is 3.48. The Hall–Kier alpha value is -0.110. The van der Waals surface area contributed by atoms with E-state index in [1.807, 2.05) is 13.8 Å². The van der Waals surface area contributed by atoms with Crippen molar-refractivity contribution in [2.24, 2.45) is 5.41 Å². The van der Waals surface area contributed by atoms with Crippen molar-refractivity contribution in [2.45, 2.75) is 26.4 Å². The van der Waals surface area contributed by atoms with Gasteiger partial charge < -0.3 is 5.32 Å². The average Bonchev–Trinajstić information content (AvgIpc) is 1.77. The Morgan fingerprint density at radius 2 is 2.22 bits per heavy atom. The predicted octanol–water partition coefficient (Wildman–Crippen LogP) is 1.34. The Morgan fingerprint density at radius 1 is 1.56 bits per heavy atom. The van der Waals surface area contributed by atoms with Crippen molar-refractivity contribution in [2.75, 3.05) is 13.1 Å². The van der Waals surface area contributed by atoms with Gasteiger partial charge in [0.05, 0.1) is 0 Å². The molecule has 0 aromatic carbocycles. The molecule has 1 fully saturated rings. The second-order valence-electron chi connectivity index (χ2n) is 3.42. The highest BCUT2D eigenvalue weighted by atomic mass is 19.1. The summed E-state index contributed by atoms with van der Waals surface area (Å²) in [6.45, 7) is 5.58. The second-order valence-corrected chi connectivity index (χ2v) is 3.42. The number of alkyl halides is 1. The van der Waals surface area contributed by atoms with Gasteiger partial charge in [0.25, 0.3) is 0 Å². The zero-order valence-electron chi connectivity index (χ0n) is 6.08. The van der Waals surface area contributed by atoms with Crippen LogP contribution in [-0.2, 0) is 0 Å². The standard InChI is InChI=1S/C7H14FN/c1-7(2)5-9-4-3-6(7)8/h6,9H,3-5H2,1-2H3/t6-/m0/s1. The second kappa shape index (κ2) is 2.25. The fourth-order valence-corrected chi connectivity index (χ4v) is 1.14. The summed E-state index contributed by atoms with van der Waals surface area (Å²) in [5, 5.41) is 3.17. The van der Waals surface area contributed by atoms with Crippen LogP contribution in [0.25, 0.3) is 0 Å². The third-order valence-electron chi connectivity index (χ3n) is 2.00. The molecule has 0 bridgehead atoms. The minimum Gasteiger partial charge on any atom is -0.316 e. The zero-order chi connectivity index (χ0) is 6.91. The summed E-state index contributed by atoms with van der Waals surface area (Å²) in [6, 6.07) is 0.